The maximum atomic E-state index is 13.2. The van der Waals surface area contributed by atoms with Gasteiger partial charge in [-0.25, -0.2) is 13.8 Å². The van der Waals surface area contributed by atoms with Gasteiger partial charge in [-0.2, -0.15) is 5.10 Å². The highest BCUT2D eigenvalue weighted by Gasteiger charge is 2.18. The lowest BCUT2D eigenvalue weighted by Crippen LogP contribution is -2.16. The third kappa shape index (κ3) is 3.12. The highest BCUT2D eigenvalue weighted by atomic mass is 19.3. The molecule has 0 aromatic carbocycles. The van der Waals surface area contributed by atoms with Gasteiger partial charge in [0, 0.05) is 43.4 Å². The van der Waals surface area contributed by atoms with Gasteiger partial charge in [-0.1, -0.05) is 0 Å². The maximum absolute atomic E-state index is 13.2. The Morgan fingerprint density at radius 1 is 1.38 bits per heavy atom. The number of hydrogen-bond donors (Lipinski definition) is 1. The van der Waals surface area contributed by atoms with Crippen molar-refractivity contribution >= 4 is 22.8 Å². The van der Waals surface area contributed by atoms with Crippen LogP contribution in [0.5, 0.6) is 0 Å². The fraction of sp³-hybridized carbons (Fsp3) is 0.312. The maximum Gasteiger partial charge on any atom is 0.278 e. The Hall–Kier alpha value is -2.77. The highest BCUT2D eigenvalue weighted by Crippen LogP contribution is 2.26. The summed E-state index contributed by atoms with van der Waals surface area (Å²) in [7, 11) is 1.78. The number of rotatable bonds is 5. The average molecular weight is 333 g/mol. The van der Waals surface area contributed by atoms with E-state index in [0.717, 1.165) is 5.69 Å². The number of hydrogen-bond acceptors (Lipinski definition) is 3. The number of amides is 1. The van der Waals surface area contributed by atoms with Crippen molar-refractivity contribution in [2.45, 2.75) is 26.3 Å². The summed E-state index contributed by atoms with van der Waals surface area (Å²) in [6.07, 6.45) is -1.03. The average Bonchev–Trinajstić information content (AvgIpc) is 3.05. The second kappa shape index (κ2) is 6.38. The van der Waals surface area contributed by atoms with Crippen LogP contribution in [-0.4, -0.2) is 25.2 Å². The number of nitrogens with zero attached hydrogens (tertiary/aromatic N) is 4. The molecule has 126 valence electrons. The van der Waals surface area contributed by atoms with E-state index in [-0.39, 0.29) is 24.6 Å². The molecule has 3 heterocycles. The molecule has 3 aromatic heterocycles. The minimum Gasteiger partial charge on any atom is -0.324 e. The van der Waals surface area contributed by atoms with Crippen molar-refractivity contribution < 1.29 is 13.6 Å². The third-order valence-corrected chi connectivity index (χ3v) is 3.85. The molecule has 1 N–H and O–H groups in total. The zero-order chi connectivity index (χ0) is 17.3. The molecule has 6 nitrogen and oxygen atoms in total. The standard InChI is InChI=1S/C16H17F2N5O/c1-10-8-13(21-22(10)2)20-14(24)5-7-23-12(15(17)18)9-11-4-3-6-19-16(11)23/h3-4,6,8-9,15H,5,7H2,1-2H3,(H,20,21,24). The van der Waals surface area contributed by atoms with E-state index in [1.165, 1.54) is 10.6 Å². The first-order valence-electron chi connectivity index (χ1n) is 7.48. The van der Waals surface area contributed by atoms with E-state index in [0.29, 0.717) is 16.9 Å². The number of alkyl halides is 2. The summed E-state index contributed by atoms with van der Waals surface area (Å²) in [5.41, 5.74) is 1.23. The van der Waals surface area contributed by atoms with E-state index >= 15 is 0 Å². The van der Waals surface area contributed by atoms with Crippen LogP contribution >= 0.6 is 0 Å². The first-order chi connectivity index (χ1) is 11.5. The monoisotopic (exact) mass is 333 g/mol. The van der Waals surface area contributed by atoms with Crippen molar-refractivity contribution in [3.63, 3.8) is 0 Å². The largest absolute Gasteiger partial charge is 0.324 e. The molecule has 0 aliphatic carbocycles. The Balaban J connectivity index is 1.75. The molecule has 0 spiro atoms. The van der Waals surface area contributed by atoms with Crippen LogP contribution in [0.2, 0.25) is 0 Å². The van der Waals surface area contributed by atoms with Gasteiger partial charge in [0.1, 0.15) is 5.65 Å². The number of pyridine rings is 1. The number of nitrogens with one attached hydrogen (secondary N) is 1. The fourth-order valence-electron chi connectivity index (χ4n) is 2.56. The fourth-order valence-corrected chi connectivity index (χ4v) is 2.56. The molecule has 3 rings (SSSR count). The van der Waals surface area contributed by atoms with E-state index in [1.807, 2.05) is 6.92 Å². The number of aryl methyl sites for hydroxylation is 3. The lowest BCUT2D eigenvalue weighted by molar-refractivity contribution is -0.116. The van der Waals surface area contributed by atoms with Crippen LogP contribution in [0.1, 0.15) is 24.2 Å². The van der Waals surface area contributed by atoms with Crippen molar-refractivity contribution in [3.8, 4) is 0 Å². The number of anilines is 1. The predicted octanol–water partition coefficient (Wildman–Crippen LogP) is 3.04. The van der Waals surface area contributed by atoms with Gasteiger partial charge < -0.3 is 9.88 Å². The van der Waals surface area contributed by atoms with Crippen molar-refractivity contribution in [1.29, 1.82) is 0 Å². The molecular formula is C16H17F2N5O. The van der Waals surface area contributed by atoms with Gasteiger partial charge in [-0.3, -0.25) is 9.48 Å². The van der Waals surface area contributed by atoms with Crippen LogP contribution in [0, 0.1) is 6.92 Å². The normalized spacial score (nSPS) is 11.4. The van der Waals surface area contributed by atoms with Gasteiger partial charge in [0.2, 0.25) is 5.91 Å². The van der Waals surface area contributed by atoms with Crippen LogP contribution in [0.3, 0.4) is 0 Å². The molecule has 0 unspecified atom stereocenters. The van der Waals surface area contributed by atoms with Crippen molar-refractivity contribution in [2.75, 3.05) is 5.32 Å². The quantitative estimate of drug-likeness (QED) is 0.780. The van der Waals surface area contributed by atoms with Crippen molar-refractivity contribution in [3.05, 3.63) is 41.9 Å². The summed E-state index contributed by atoms with van der Waals surface area (Å²) in [6.45, 7) is 1.99. The molecule has 24 heavy (non-hydrogen) atoms. The zero-order valence-corrected chi connectivity index (χ0v) is 13.3. The Morgan fingerprint density at radius 2 is 2.17 bits per heavy atom. The molecule has 0 aliphatic heterocycles. The van der Waals surface area contributed by atoms with E-state index < -0.39 is 6.43 Å². The molecule has 3 aromatic rings. The first-order valence-corrected chi connectivity index (χ1v) is 7.48. The minimum atomic E-state index is -2.62. The van der Waals surface area contributed by atoms with Crippen molar-refractivity contribution in [1.82, 2.24) is 19.3 Å². The molecule has 0 radical (unpaired) electrons. The number of halogens is 2. The topological polar surface area (TPSA) is 64.7 Å². The molecule has 0 atom stereocenters. The first kappa shape index (κ1) is 16.1. The molecule has 8 heteroatoms. The lowest BCUT2D eigenvalue weighted by atomic mass is 10.3. The van der Waals surface area contributed by atoms with Gasteiger partial charge in [0.05, 0.1) is 5.69 Å². The summed E-state index contributed by atoms with van der Waals surface area (Å²) >= 11 is 0. The van der Waals surface area contributed by atoms with Crippen LogP contribution < -0.4 is 5.32 Å². The summed E-state index contributed by atoms with van der Waals surface area (Å²) in [5.74, 6) is 0.163. The Kier molecular flexibility index (Phi) is 4.28. The number of carbonyl (C=O) groups is 1. The second-order valence-corrected chi connectivity index (χ2v) is 5.53. The van der Waals surface area contributed by atoms with Crippen LogP contribution in [0.25, 0.3) is 11.0 Å². The highest BCUT2D eigenvalue weighted by molar-refractivity contribution is 5.89. The minimum absolute atomic E-state index is 0.0513. The number of carbonyl (C=O) groups excluding carboxylic acids is 1. The van der Waals surface area contributed by atoms with Crippen LogP contribution in [0.15, 0.2) is 30.5 Å². The summed E-state index contributed by atoms with van der Waals surface area (Å²) in [5, 5.41) is 7.44. The lowest BCUT2D eigenvalue weighted by Gasteiger charge is -2.09. The summed E-state index contributed by atoms with van der Waals surface area (Å²) in [6, 6.07) is 6.57. The van der Waals surface area contributed by atoms with E-state index in [9.17, 15) is 13.6 Å². The summed E-state index contributed by atoms with van der Waals surface area (Å²) in [4.78, 5) is 16.2. The molecular weight excluding hydrogens is 316 g/mol. The molecule has 0 saturated carbocycles. The van der Waals surface area contributed by atoms with E-state index in [1.54, 1.807) is 36.1 Å². The molecule has 0 saturated heterocycles. The van der Waals surface area contributed by atoms with Gasteiger partial charge in [-0.05, 0) is 25.1 Å². The number of aromatic nitrogens is 4. The Labute approximate surface area is 137 Å². The van der Waals surface area contributed by atoms with Gasteiger partial charge in [0.15, 0.2) is 5.82 Å². The molecule has 1 amide bonds. The number of fused-ring (bicyclic) bond motifs is 1. The SMILES string of the molecule is Cc1cc(NC(=O)CCn2c(C(F)F)cc3cccnc32)nn1C. The van der Waals surface area contributed by atoms with E-state index in [2.05, 4.69) is 15.4 Å². The Morgan fingerprint density at radius 3 is 2.83 bits per heavy atom. The zero-order valence-electron chi connectivity index (χ0n) is 13.3. The second-order valence-electron chi connectivity index (χ2n) is 5.53. The predicted molar refractivity (Wildman–Crippen MR) is 85.9 cm³/mol. The van der Waals surface area contributed by atoms with E-state index in [4.69, 9.17) is 0 Å². The molecule has 0 aliphatic rings. The van der Waals surface area contributed by atoms with Gasteiger partial charge in [-0.15, -0.1) is 0 Å². The van der Waals surface area contributed by atoms with Gasteiger partial charge >= 0.3 is 0 Å². The van der Waals surface area contributed by atoms with Crippen LogP contribution in [-0.2, 0) is 18.4 Å². The molecule has 0 fully saturated rings. The smallest absolute Gasteiger partial charge is 0.278 e. The molecule has 0 bridgehead atoms. The third-order valence-electron chi connectivity index (χ3n) is 3.85. The van der Waals surface area contributed by atoms with Crippen LogP contribution in [0.4, 0.5) is 14.6 Å². The summed E-state index contributed by atoms with van der Waals surface area (Å²) < 4.78 is 29.5. The Bertz CT molecular complexity index is 864. The van der Waals surface area contributed by atoms with Crippen molar-refractivity contribution in [2.24, 2.45) is 7.05 Å². The van der Waals surface area contributed by atoms with Gasteiger partial charge in [0.25, 0.3) is 6.43 Å².